The molecule has 0 bridgehead atoms. The van der Waals surface area contributed by atoms with Gasteiger partial charge in [0.05, 0.1) is 0 Å². The first-order valence-corrected chi connectivity index (χ1v) is 7.68. The largest absolute Gasteiger partial charge is 0.598 e. The fraction of sp³-hybridized carbons (Fsp3) is 1.00. The standard InChI is InChI=1S/C8H3F17N2O3S/c9-1(10,3(13,14)5(17,18)7(21,22)23)2(11,12)4(15,16)6(19,20)8(24,25)31(29,30)27(26)28/h27H,26H2. The highest BCUT2D eigenvalue weighted by atomic mass is 32.2. The summed E-state index contributed by atoms with van der Waals surface area (Å²) in [4.78, 5) is 0. The molecule has 5 nitrogen and oxygen atoms in total. The maximum absolute atomic E-state index is 13.2. The topological polar surface area (TPSA) is 87.7 Å². The van der Waals surface area contributed by atoms with Gasteiger partial charge in [-0.2, -0.15) is 93.5 Å². The van der Waals surface area contributed by atoms with Gasteiger partial charge in [0.15, 0.2) is 0 Å². The van der Waals surface area contributed by atoms with Crippen molar-refractivity contribution in [3.8, 4) is 0 Å². The van der Waals surface area contributed by atoms with Crippen LogP contribution in [0, 0.1) is 5.21 Å². The summed E-state index contributed by atoms with van der Waals surface area (Å²) in [6.45, 7) is 0. The lowest BCUT2D eigenvalue weighted by Crippen LogP contribution is -3.17. The Morgan fingerprint density at radius 2 is 0.742 bits per heavy atom. The van der Waals surface area contributed by atoms with Crippen LogP contribution in [-0.4, -0.2) is 55.4 Å². The van der Waals surface area contributed by atoms with Crippen LogP contribution in [0.25, 0.3) is 0 Å². The number of nitrogens with two attached hydrogens (primary N) is 1. The van der Waals surface area contributed by atoms with Crippen LogP contribution in [-0.2, 0) is 10.0 Å². The van der Waals surface area contributed by atoms with E-state index in [9.17, 15) is 88.3 Å². The summed E-state index contributed by atoms with van der Waals surface area (Å²) in [7, 11) is -7.83. The minimum Gasteiger partial charge on any atom is -0.598 e. The quantitative estimate of drug-likeness (QED) is 0.287. The molecule has 0 aromatic rings. The van der Waals surface area contributed by atoms with E-state index >= 15 is 0 Å². The molecule has 23 heteroatoms. The third-order valence-electron chi connectivity index (χ3n) is 3.30. The van der Waals surface area contributed by atoms with E-state index in [0.717, 1.165) is 0 Å². The summed E-state index contributed by atoms with van der Waals surface area (Å²) in [5.41, 5.74) is 0. The van der Waals surface area contributed by atoms with Crippen LogP contribution in [0.1, 0.15) is 0 Å². The average molecular weight is 530 g/mol. The Bertz CT molecular complexity index is 786. The van der Waals surface area contributed by atoms with E-state index in [-0.39, 0.29) is 0 Å². The van der Waals surface area contributed by atoms with Gasteiger partial charge in [0.25, 0.3) is 0 Å². The molecule has 0 fully saturated rings. The van der Waals surface area contributed by atoms with E-state index in [1.807, 2.05) is 0 Å². The number of hydrogen-bond donors (Lipinski definition) is 2. The SMILES string of the molecule is N[NH+]([O-])S(=O)(=O)C(F)(F)C(F)(F)C(F)(F)C(F)(F)C(F)(F)C(F)(F)C(F)(F)C(F)(F)F. The molecule has 0 heterocycles. The van der Waals surface area contributed by atoms with Crippen molar-refractivity contribution in [1.82, 2.24) is 0 Å². The van der Waals surface area contributed by atoms with Crippen molar-refractivity contribution in [3.63, 3.8) is 0 Å². The van der Waals surface area contributed by atoms with Gasteiger partial charge in [-0.1, -0.05) is 0 Å². The van der Waals surface area contributed by atoms with Gasteiger partial charge in [0, 0.05) is 0 Å². The Morgan fingerprint density at radius 1 is 0.516 bits per heavy atom. The Labute approximate surface area is 157 Å². The zero-order chi connectivity index (χ0) is 26.1. The minimum atomic E-state index is -8.95. The second kappa shape index (κ2) is 7.07. The Morgan fingerprint density at radius 3 is 0.968 bits per heavy atom. The summed E-state index contributed by atoms with van der Waals surface area (Å²) in [6, 6.07) is 0. The fourth-order valence-corrected chi connectivity index (χ4v) is 2.16. The highest BCUT2D eigenvalue weighted by Crippen LogP contribution is 2.64. The van der Waals surface area contributed by atoms with Crippen molar-refractivity contribution in [2.24, 2.45) is 5.84 Å². The zero-order valence-electron chi connectivity index (χ0n) is 13.1. The molecule has 0 rings (SSSR count). The van der Waals surface area contributed by atoms with Crippen LogP contribution in [0.2, 0.25) is 0 Å². The van der Waals surface area contributed by atoms with Gasteiger partial charge in [0.1, 0.15) is 0 Å². The van der Waals surface area contributed by atoms with Crippen molar-refractivity contribution >= 4 is 10.0 Å². The third kappa shape index (κ3) is 3.46. The second-order valence-electron chi connectivity index (χ2n) is 5.28. The molecule has 188 valence electrons. The molecule has 0 saturated heterocycles. The zero-order valence-corrected chi connectivity index (χ0v) is 14.0. The van der Waals surface area contributed by atoms with Gasteiger partial charge < -0.3 is 5.21 Å². The molecule has 0 aliphatic carbocycles. The third-order valence-corrected chi connectivity index (χ3v) is 4.76. The van der Waals surface area contributed by atoms with E-state index < -0.39 is 61.6 Å². The summed E-state index contributed by atoms with van der Waals surface area (Å²) in [5, 5.41) is 2.29. The smallest absolute Gasteiger partial charge is 0.466 e. The van der Waals surface area contributed by atoms with Crippen LogP contribution < -0.4 is 10.4 Å². The summed E-state index contributed by atoms with van der Waals surface area (Å²) < 4.78 is 236. The number of hydrogen-bond acceptors (Lipinski definition) is 4. The van der Waals surface area contributed by atoms with Crippen molar-refractivity contribution in [3.05, 3.63) is 5.21 Å². The summed E-state index contributed by atoms with van der Waals surface area (Å²) in [6.07, 6.45) is -7.91. The van der Waals surface area contributed by atoms with Crippen LogP contribution in [0.5, 0.6) is 0 Å². The summed E-state index contributed by atoms with van der Waals surface area (Å²) in [5.74, 6) is -48.7. The van der Waals surface area contributed by atoms with Gasteiger partial charge in [-0.15, -0.1) is 0 Å². The lowest BCUT2D eigenvalue weighted by Gasteiger charge is -2.42. The highest BCUT2D eigenvalue weighted by molar-refractivity contribution is 7.86. The molecule has 0 amide bonds. The predicted octanol–water partition coefficient (Wildman–Crippen LogP) is 2.54. The molecular formula is C8H3F17N2O3S. The number of rotatable bonds is 8. The number of halogens is 17. The van der Waals surface area contributed by atoms with E-state index in [1.54, 1.807) is 0 Å². The van der Waals surface area contributed by atoms with E-state index in [1.165, 1.54) is 0 Å². The molecule has 3 N–H and O–H groups in total. The molecule has 0 aromatic carbocycles. The lowest BCUT2D eigenvalue weighted by molar-refractivity contribution is -0.724. The van der Waals surface area contributed by atoms with Gasteiger partial charge >= 0.3 is 57.0 Å². The predicted molar refractivity (Wildman–Crippen MR) is 58.1 cm³/mol. The van der Waals surface area contributed by atoms with Crippen LogP contribution in [0.15, 0.2) is 0 Å². The maximum Gasteiger partial charge on any atom is 0.466 e. The molecule has 0 aromatic heterocycles. The molecule has 0 aliphatic rings. The molecule has 0 saturated carbocycles. The monoisotopic (exact) mass is 530 g/mol. The van der Waals surface area contributed by atoms with Gasteiger partial charge in [-0.05, 0) is 0 Å². The number of quaternary nitrogens is 1. The lowest BCUT2D eigenvalue weighted by atomic mass is 9.91. The highest BCUT2D eigenvalue weighted by Gasteiger charge is 2.96. The average Bonchev–Trinajstić information content (AvgIpc) is 2.52. The fourth-order valence-electron chi connectivity index (χ4n) is 1.44. The molecule has 31 heavy (non-hydrogen) atoms. The molecule has 1 unspecified atom stereocenters. The normalized spacial score (nSPS) is 17.6. The Hall–Kier alpha value is -1.36. The van der Waals surface area contributed by atoms with Crippen LogP contribution in [0.3, 0.4) is 0 Å². The molecule has 0 aliphatic heterocycles. The maximum atomic E-state index is 13.2. The van der Waals surface area contributed by atoms with Crippen molar-refractivity contribution in [2.45, 2.75) is 47.0 Å². The Kier molecular flexibility index (Phi) is 6.76. The minimum absolute atomic E-state index is 3.60. The van der Waals surface area contributed by atoms with Crippen molar-refractivity contribution in [1.29, 1.82) is 0 Å². The van der Waals surface area contributed by atoms with Crippen LogP contribution >= 0.6 is 0 Å². The van der Waals surface area contributed by atoms with E-state index in [0.29, 0.717) is 0 Å². The first-order valence-electron chi connectivity index (χ1n) is 6.20. The second-order valence-corrected chi connectivity index (χ2v) is 7.21. The number of nitrogens with one attached hydrogen (secondary N) is 1. The van der Waals surface area contributed by atoms with Gasteiger partial charge in [-0.3, -0.25) is 0 Å². The van der Waals surface area contributed by atoms with E-state index in [2.05, 4.69) is 5.84 Å². The molecular weight excluding hydrogens is 527 g/mol. The number of sulfonamides is 1. The molecule has 0 radical (unpaired) electrons. The van der Waals surface area contributed by atoms with Gasteiger partial charge in [0.2, 0.25) is 0 Å². The van der Waals surface area contributed by atoms with Crippen molar-refractivity contribution in [2.75, 3.05) is 0 Å². The molecule has 0 spiro atoms. The van der Waals surface area contributed by atoms with Crippen molar-refractivity contribution < 1.29 is 87.6 Å². The first kappa shape index (κ1) is 29.6. The molecule has 1 atom stereocenters. The summed E-state index contributed by atoms with van der Waals surface area (Å²) >= 11 is 0. The first-order chi connectivity index (χ1) is 12.9. The van der Waals surface area contributed by atoms with Crippen LogP contribution in [0.4, 0.5) is 74.6 Å². The number of alkyl halides is 17. The Balaban J connectivity index is 6.99. The van der Waals surface area contributed by atoms with E-state index in [4.69, 9.17) is 0 Å². The van der Waals surface area contributed by atoms with Gasteiger partial charge in [-0.25, -0.2) is 0 Å².